The van der Waals surface area contributed by atoms with Crippen LogP contribution >= 0.6 is 0 Å². The summed E-state index contributed by atoms with van der Waals surface area (Å²) >= 11 is 0. The van der Waals surface area contributed by atoms with E-state index in [2.05, 4.69) is 10.6 Å². The minimum Gasteiger partial charge on any atom is -0.480 e. The summed E-state index contributed by atoms with van der Waals surface area (Å²) in [5.74, 6) is -1.95. The fourth-order valence-electron chi connectivity index (χ4n) is 2.56. The molecule has 0 spiro atoms. The molecule has 2 rings (SSSR count). The lowest BCUT2D eigenvalue weighted by atomic mass is 9.89. The molecule has 3 N–H and O–H groups in total. The third-order valence-electron chi connectivity index (χ3n) is 3.80. The van der Waals surface area contributed by atoms with Gasteiger partial charge < -0.3 is 20.5 Å². The lowest BCUT2D eigenvalue weighted by Crippen LogP contribution is -2.44. The van der Waals surface area contributed by atoms with E-state index in [4.69, 9.17) is 9.84 Å². The summed E-state index contributed by atoms with van der Waals surface area (Å²) in [7, 11) is 1.37. The number of rotatable bonds is 7. The number of methoxy groups -OCH3 is 1. The van der Waals surface area contributed by atoms with Gasteiger partial charge in [0.05, 0.1) is 6.61 Å². The summed E-state index contributed by atoms with van der Waals surface area (Å²) in [5, 5.41) is 14.2. The molecule has 0 radical (unpaired) electrons. The Morgan fingerprint density at radius 2 is 2.17 bits per heavy atom. The van der Waals surface area contributed by atoms with Gasteiger partial charge in [0, 0.05) is 25.1 Å². The average molecular weight is 320 g/mol. The Kier molecular flexibility index (Phi) is 5.70. The second-order valence-corrected chi connectivity index (χ2v) is 5.50. The number of aliphatic carboxylic acids is 1. The number of carboxylic acids is 1. The Morgan fingerprint density at radius 1 is 1.43 bits per heavy atom. The molecule has 7 nitrogen and oxygen atoms in total. The van der Waals surface area contributed by atoms with E-state index in [-0.39, 0.29) is 24.9 Å². The van der Waals surface area contributed by atoms with E-state index in [0.29, 0.717) is 12.8 Å². The van der Waals surface area contributed by atoms with Gasteiger partial charge in [-0.1, -0.05) is 18.2 Å². The highest BCUT2D eigenvalue weighted by atomic mass is 16.5. The predicted octanol–water partition coefficient (Wildman–Crippen LogP) is 0.793. The number of hydrogen-bond donors (Lipinski definition) is 3. The number of para-hydroxylation sites is 1. The number of carbonyl (C=O) groups is 3. The summed E-state index contributed by atoms with van der Waals surface area (Å²) < 4.78 is 4.76. The number of amides is 2. The SMILES string of the molecule is COCC(NC(=O)CCC1Cc2ccccc2NC1=O)C(=O)O. The molecule has 1 heterocycles. The van der Waals surface area contributed by atoms with Gasteiger partial charge in [-0.25, -0.2) is 4.79 Å². The van der Waals surface area contributed by atoms with Gasteiger partial charge in [-0.15, -0.1) is 0 Å². The van der Waals surface area contributed by atoms with Crippen LogP contribution < -0.4 is 10.6 Å². The number of fused-ring (bicyclic) bond motifs is 1. The van der Waals surface area contributed by atoms with Crippen LogP contribution in [0.1, 0.15) is 18.4 Å². The van der Waals surface area contributed by atoms with Gasteiger partial charge in [0.1, 0.15) is 0 Å². The van der Waals surface area contributed by atoms with Gasteiger partial charge in [0.15, 0.2) is 6.04 Å². The van der Waals surface area contributed by atoms with Crippen molar-refractivity contribution in [2.75, 3.05) is 19.0 Å². The Labute approximate surface area is 134 Å². The van der Waals surface area contributed by atoms with Crippen LogP contribution in [0.5, 0.6) is 0 Å². The molecule has 0 fully saturated rings. The normalized spacial score (nSPS) is 17.8. The average Bonchev–Trinajstić information content (AvgIpc) is 2.52. The van der Waals surface area contributed by atoms with Crippen molar-refractivity contribution in [1.82, 2.24) is 5.32 Å². The topological polar surface area (TPSA) is 105 Å². The van der Waals surface area contributed by atoms with Crippen molar-refractivity contribution in [2.45, 2.75) is 25.3 Å². The molecule has 0 saturated carbocycles. The van der Waals surface area contributed by atoms with Crippen molar-refractivity contribution >= 4 is 23.5 Å². The van der Waals surface area contributed by atoms with Crippen LogP contribution in [0.3, 0.4) is 0 Å². The van der Waals surface area contributed by atoms with Crippen molar-refractivity contribution < 1.29 is 24.2 Å². The first-order valence-electron chi connectivity index (χ1n) is 7.41. The lowest BCUT2D eigenvalue weighted by molar-refractivity contribution is -0.143. The summed E-state index contributed by atoms with van der Waals surface area (Å²) in [6, 6.07) is 6.48. The van der Waals surface area contributed by atoms with Crippen LogP contribution in [0.2, 0.25) is 0 Å². The van der Waals surface area contributed by atoms with Crippen molar-refractivity contribution in [1.29, 1.82) is 0 Å². The Hall–Kier alpha value is -2.41. The maximum absolute atomic E-state index is 12.0. The minimum atomic E-state index is -1.15. The van der Waals surface area contributed by atoms with Gasteiger partial charge in [0.2, 0.25) is 11.8 Å². The summed E-state index contributed by atoms with van der Waals surface area (Å²) in [5.41, 5.74) is 1.85. The molecular formula is C16H20N2O5. The largest absolute Gasteiger partial charge is 0.480 e. The Morgan fingerprint density at radius 3 is 2.87 bits per heavy atom. The zero-order valence-corrected chi connectivity index (χ0v) is 12.9. The van der Waals surface area contributed by atoms with Crippen LogP contribution in [0, 0.1) is 5.92 Å². The second kappa shape index (κ2) is 7.73. The van der Waals surface area contributed by atoms with E-state index >= 15 is 0 Å². The van der Waals surface area contributed by atoms with Gasteiger partial charge in [0.25, 0.3) is 0 Å². The molecule has 0 aliphatic carbocycles. The van der Waals surface area contributed by atoms with Gasteiger partial charge in [-0.3, -0.25) is 9.59 Å². The molecule has 0 aromatic heterocycles. The van der Waals surface area contributed by atoms with E-state index in [1.807, 2.05) is 24.3 Å². The first-order valence-corrected chi connectivity index (χ1v) is 7.41. The minimum absolute atomic E-state index is 0.0910. The first-order chi connectivity index (χ1) is 11.0. The fraction of sp³-hybridized carbons (Fsp3) is 0.438. The van der Waals surface area contributed by atoms with Crippen molar-refractivity contribution in [3.8, 4) is 0 Å². The van der Waals surface area contributed by atoms with E-state index < -0.39 is 17.9 Å². The van der Waals surface area contributed by atoms with Crippen LogP contribution in [-0.2, 0) is 25.5 Å². The van der Waals surface area contributed by atoms with Crippen LogP contribution in [0.25, 0.3) is 0 Å². The van der Waals surface area contributed by atoms with Crippen molar-refractivity contribution in [2.24, 2.45) is 5.92 Å². The smallest absolute Gasteiger partial charge is 0.328 e. The number of carbonyl (C=O) groups excluding carboxylic acids is 2. The molecule has 2 atom stereocenters. The number of hydrogen-bond acceptors (Lipinski definition) is 4. The third kappa shape index (κ3) is 4.53. The zero-order valence-electron chi connectivity index (χ0n) is 12.9. The fourth-order valence-corrected chi connectivity index (χ4v) is 2.56. The maximum Gasteiger partial charge on any atom is 0.328 e. The van der Waals surface area contributed by atoms with Gasteiger partial charge >= 0.3 is 5.97 Å². The standard InChI is InChI=1S/C16H20N2O5/c1-23-9-13(16(21)22)17-14(19)7-6-11-8-10-4-2-3-5-12(10)18-15(11)20/h2-5,11,13H,6-9H2,1H3,(H,17,19)(H,18,20)(H,21,22). The molecule has 1 aromatic carbocycles. The van der Waals surface area contributed by atoms with Gasteiger partial charge in [-0.2, -0.15) is 0 Å². The number of anilines is 1. The van der Waals surface area contributed by atoms with Crippen molar-refractivity contribution in [3.63, 3.8) is 0 Å². The molecular weight excluding hydrogens is 300 g/mol. The van der Waals surface area contributed by atoms with Gasteiger partial charge in [-0.05, 0) is 24.5 Å². The van der Waals surface area contributed by atoms with Crippen molar-refractivity contribution in [3.05, 3.63) is 29.8 Å². The monoisotopic (exact) mass is 320 g/mol. The lowest BCUT2D eigenvalue weighted by Gasteiger charge is -2.24. The highest BCUT2D eigenvalue weighted by Gasteiger charge is 2.27. The molecule has 2 unspecified atom stereocenters. The number of ether oxygens (including phenoxy) is 1. The summed E-state index contributed by atoms with van der Waals surface area (Å²) in [6.45, 7) is -0.0988. The maximum atomic E-state index is 12.0. The Balaban J connectivity index is 1.87. The number of carboxylic acid groups (broad SMARTS) is 1. The molecule has 0 bridgehead atoms. The number of nitrogens with one attached hydrogen (secondary N) is 2. The molecule has 23 heavy (non-hydrogen) atoms. The Bertz CT molecular complexity index is 602. The molecule has 124 valence electrons. The predicted molar refractivity (Wildman–Crippen MR) is 82.9 cm³/mol. The molecule has 1 aliphatic heterocycles. The van der Waals surface area contributed by atoms with Crippen LogP contribution in [0.4, 0.5) is 5.69 Å². The van der Waals surface area contributed by atoms with Crippen LogP contribution in [-0.4, -0.2) is 42.6 Å². The molecule has 2 amide bonds. The third-order valence-corrected chi connectivity index (χ3v) is 3.80. The van der Waals surface area contributed by atoms with E-state index in [0.717, 1.165) is 11.3 Å². The second-order valence-electron chi connectivity index (χ2n) is 5.50. The molecule has 0 saturated heterocycles. The summed E-state index contributed by atoms with van der Waals surface area (Å²) in [6.07, 6.45) is 1.04. The highest BCUT2D eigenvalue weighted by Crippen LogP contribution is 2.27. The quantitative estimate of drug-likeness (QED) is 0.689. The van der Waals surface area contributed by atoms with E-state index in [1.165, 1.54) is 7.11 Å². The zero-order chi connectivity index (χ0) is 16.8. The van der Waals surface area contributed by atoms with Crippen LogP contribution in [0.15, 0.2) is 24.3 Å². The summed E-state index contributed by atoms with van der Waals surface area (Å²) in [4.78, 5) is 34.9. The van der Waals surface area contributed by atoms with E-state index in [1.54, 1.807) is 0 Å². The molecule has 7 heteroatoms. The van der Waals surface area contributed by atoms with E-state index in [9.17, 15) is 14.4 Å². The number of benzene rings is 1. The first kappa shape index (κ1) is 17.0. The molecule has 1 aromatic rings. The highest BCUT2D eigenvalue weighted by molar-refractivity contribution is 5.96. The molecule has 1 aliphatic rings.